The van der Waals surface area contributed by atoms with Crippen LogP contribution in [0.25, 0.3) is 0 Å². The molecular formula is C17H16N4O8. The second-order valence-corrected chi connectivity index (χ2v) is 6.79. The number of hydrogen-bond donors (Lipinski definition) is 3. The van der Waals surface area contributed by atoms with Gasteiger partial charge in [0.15, 0.2) is 5.92 Å². The number of H-pyrrole nitrogens is 2. The van der Waals surface area contributed by atoms with E-state index in [-0.39, 0.29) is 16.8 Å². The second-order valence-electron chi connectivity index (χ2n) is 6.79. The molecular weight excluding hydrogens is 388 g/mol. The molecule has 0 saturated carbocycles. The van der Waals surface area contributed by atoms with E-state index in [1.807, 2.05) is 4.98 Å². The summed E-state index contributed by atoms with van der Waals surface area (Å²) in [7, 11) is 0. The molecule has 0 radical (unpaired) electrons. The fourth-order valence-electron chi connectivity index (χ4n) is 3.18. The van der Waals surface area contributed by atoms with E-state index in [0.717, 1.165) is 6.07 Å². The van der Waals surface area contributed by atoms with Gasteiger partial charge in [0.1, 0.15) is 5.82 Å². The van der Waals surface area contributed by atoms with Crippen LogP contribution in [0.15, 0.2) is 33.9 Å². The monoisotopic (exact) mass is 404 g/mol. The van der Waals surface area contributed by atoms with Crippen molar-refractivity contribution in [2.24, 2.45) is 5.92 Å². The zero-order valence-corrected chi connectivity index (χ0v) is 15.3. The Morgan fingerprint density at radius 3 is 2.31 bits per heavy atom. The largest absolute Gasteiger partial charge is 0.422 e. The smallest absolute Gasteiger partial charge is 0.327 e. The number of nitrogens with zero attached hydrogens (tertiary/aromatic N) is 1. The van der Waals surface area contributed by atoms with E-state index >= 15 is 0 Å². The van der Waals surface area contributed by atoms with E-state index in [2.05, 4.69) is 4.98 Å². The van der Waals surface area contributed by atoms with Gasteiger partial charge < -0.3 is 15.2 Å². The van der Waals surface area contributed by atoms with Crippen molar-refractivity contribution in [3.63, 3.8) is 0 Å². The molecule has 0 aliphatic carbocycles. The fraction of sp³-hybridized carbons (Fsp3) is 0.294. The SMILES string of the molecule is CC1(C)OC(=O)C(C(c2cccc([N+](=O)[O-])c2)c2c(N)[nH]c(=O)[nH]c2=O)C(=O)O1. The second kappa shape index (κ2) is 6.89. The van der Waals surface area contributed by atoms with Crippen molar-refractivity contribution in [3.05, 3.63) is 66.3 Å². The number of non-ortho nitro benzene ring substituents is 1. The number of aromatic nitrogens is 2. The lowest BCUT2D eigenvalue weighted by Crippen LogP contribution is -2.49. The molecule has 1 saturated heterocycles. The van der Waals surface area contributed by atoms with Crippen LogP contribution in [0.1, 0.15) is 30.9 Å². The number of anilines is 1. The van der Waals surface area contributed by atoms with E-state index < -0.39 is 51.6 Å². The van der Waals surface area contributed by atoms with E-state index in [1.54, 1.807) is 0 Å². The number of esters is 2. The number of aromatic amines is 2. The number of nitro benzene ring substituents is 1. The number of hydrogen-bond acceptors (Lipinski definition) is 9. The van der Waals surface area contributed by atoms with Crippen LogP contribution < -0.4 is 17.0 Å². The van der Waals surface area contributed by atoms with Crippen LogP contribution in [0.5, 0.6) is 0 Å². The summed E-state index contributed by atoms with van der Waals surface area (Å²) in [4.78, 5) is 63.9. The summed E-state index contributed by atoms with van der Waals surface area (Å²) in [6.45, 7) is 2.70. The molecule has 1 unspecified atom stereocenters. The zero-order valence-electron chi connectivity index (χ0n) is 15.3. The molecule has 2 heterocycles. The van der Waals surface area contributed by atoms with E-state index in [1.165, 1.54) is 32.0 Å². The highest BCUT2D eigenvalue weighted by Gasteiger charge is 2.49. The van der Waals surface area contributed by atoms with E-state index in [9.17, 15) is 29.3 Å². The van der Waals surface area contributed by atoms with E-state index in [0.29, 0.717) is 0 Å². The number of carbonyl (C=O) groups excluding carboxylic acids is 2. The molecule has 12 nitrogen and oxygen atoms in total. The van der Waals surface area contributed by atoms with Crippen LogP contribution in [-0.4, -0.2) is 32.6 Å². The first-order valence-electron chi connectivity index (χ1n) is 8.32. The van der Waals surface area contributed by atoms with Crippen molar-refractivity contribution < 1.29 is 24.0 Å². The lowest BCUT2D eigenvalue weighted by molar-refractivity contribution is -0.384. The Balaban J connectivity index is 2.26. The van der Waals surface area contributed by atoms with E-state index in [4.69, 9.17) is 15.2 Å². The summed E-state index contributed by atoms with van der Waals surface area (Å²) < 4.78 is 10.2. The quantitative estimate of drug-likeness (QED) is 0.275. The zero-order chi connectivity index (χ0) is 21.5. The predicted molar refractivity (Wildman–Crippen MR) is 96.8 cm³/mol. The van der Waals surface area contributed by atoms with Crippen LogP contribution >= 0.6 is 0 Å². The molecule has 2 aromatic rings. The van der Waals surface area contributed by atoms with Gasteiger partial charge in [0, 0.05) is 31.9 Å². The molecule has 3 rings (SSSR count). The topological polar surface area (TPSA) is 187 Å². The number of nitrogen functional groups attached to an aromatic ring is 1. The fourth-order valence-corrected chi connectivity index (χ4v) is 3.18. The summed E-state index contributed by atoms with van der Waals surface area (Å²) in [6.07, 6.45) is 0. The Kier molecular flexibility index (Phi) is 4.70. The lowest BCUT2D eigenvalue weighted by Gasteiger charge is -2.36. The van der Waals surface area contributed by atoms with Crippen molar-refractivity contribution in [2.45, 2.75) is 25.6 Å². The van der Waals surface area contributed by atoms with Crippen LogP contribution in [-0.2, 0) is 19.1 Å². The standard InChI is InChI=1S/C17H16N4O8/c1-17(2)28-14(23)11(15(24)29-17)9(7-4-3-5-8(6-7)21(26)27)10-12(18)19-16(25)20-13(10)22/h3-6,9,11H,1-2H3,(H4,18,19,20,22,25). The molecule has 4 N–H and O–H groups in total. The minimum absolute atomic E-state index is 0.0575. The highest BCUT2D eigenvalue weighted by Crippen LogP contribution is 2.38. The Bertz CT molecular complexity index is 1110. The molecule has 152 valence electrons. The van der Waals surface area contributed by atoms with Crippen molar-refractivity contribution in [2.75, 3.05) is 5.73 Å². The highest BCUT2D eigenvalue weighted by molar-refractivity contribution is 5.98. The van der Waals surface area contributed by atoms with Gasteiger partial charge in [-0.3, -0.25) is 34.5 Å². The molecule has 12 heteroatoms. The summed E-state index contributed by atoms with van der Waals surface area (Å²) in [5.74, 6) is -7.03. The third kappa shape index (κ3) is 3.72. The van der Waals surface area contributed by atoms with Gasteiger partial charge >= 0.3 is 17.6 Å². The van der Waals surface area contributed by atoms with Gasteiger partial charge in [-0.2, -0.15) is 0 Å². The number of rotatable bonds is 4. The van der Waals surface area contributed by atoms with Gasteiger partial charge in [-0.25, -0.2) is 4.79 Å². The summed E-state index contributed by atoms with van der Waals surface area (Å²) in [5.41, 5.74) is 3.32. The average Bonchev–Trinajstić information content (AvgIpc) is 2.58. The van der Waals surface area contributed by atoms with Crippen molar-refractivity contribution in [1.29, 1.82) is 0 Å². The average molecular weight is 404 g/mol. The Morgan fingerprint density at radius 2 is 1.76 bits per heavy atom. The molecule has 1 atom stereocenters. The predicted octanol–water partition coefficient (Wildman–Crippen LogP) is 0.138. The maximum Gasteiger partial charge on any atom is 0.327 e. The molecule has 1 aromatic carbocycles. The van der Waals surface area contributed by atoms with Gasteiger partial charge in [-0.05, 0) is 5.56 Å². The van der Waals surface area contributed by atoms with Crippen LogP contribution in [0.2, 0.25) is 0 Å². The molecule has 0 spiro atoms. The first kappa shape index (κ1) is 19.8. The number of cyclic esters (lactones) is 2. The summed E-state index contributed by atoms with van der Waals surface area (Å²) >= 11 is 0. The van der Waals surface area contributed by atoms with Crippen LogP contribution in [0.4, 0.5) is 11.5 Å². The maximum atomic E-state index is 12.6. The number of nitrogens with two attached hydrogens (primary N) is 1. The molecule has 1 aliphatic heterocycles. The van der Waals surface area contributed by atoms with Crippen molar-refractivity contribution in [1.82, 2.24) is 9.97 Å². The molecule has 0 amide bonds. The van der Waals surface area contributed by atoms with Gasteiger partial charge in [0.05, 0.1) is 10.5 Å². The maximum absolute atomic E-state index is 12.6. The van der Waals surface area contributed by atoms with Crippen LogP contribution in [0, 0.1) is 16.0 Å². The number of nitrogens with one attached hydrogen (secondary N) is 2. The number of nitro groups is 1. The number of carbonyl (C=O) groups is 2. The molecule has 1 aromatic heterocycles. The van der Waals surface area contributed by atoms with Crippen molar-refractivity contribution >= 4 is 23.4 Å². The first-order valence-corrected chi connectivity index (χ1v) is 8.32. The van der Waals surface area contributed by atoms with Crippen LogP contribution in [0.3, 0.4) is 0 Å². The summed E-state index contributed by atoms with van der Waals surface area (Å²) in [5, 5.41) is 11.2. The highest BCUT2D eigenvalue weighted by atomic mass is 16.7. The Hall–Kier alpha value is -3.96. The van der Waals surface area contributed by atoms with Gasteiger partial charge in [-0.15, -0.1) is 0 Å². The van der Waals surface area contributed by atoms with Gasteiger partial charge in [0.25, 0.3) is 17.0 Å². The molecule has 1 fully saturated rings. The Morgan fingerprint density at radius 1 is 1.14 bits per heavy atom. The third-order valence-corrected chi connectivity index (χ3v) is 4.30. The van der Waals surface area contributed by atoms with Gasteiger partial charge in [-0.1, -0.05) is 12.1 Å². The molecule has 29 heavy (non-hydrogen) atoms. The van der Waals surface area contributed by atoms with Gasteiger partial charge in [0.2, 0.25) is 0 Å². The number of ether oxygens (including phenoxy) is 2. The molecule has 1 aliphatic rings. The van der Waals surface area contributed by atoms with Crippen molar-refractivity contribution in [3.8, 4) is 0 Å². The lowest BCUT2D eigenvalue weighted by atomic mass is 9.80. The number of benzene rings is 1. The minimum atomic E-state index is -1.68. The normalized spacial score (nSPS) is 17.3. The first-order chi connectivity index (χ1) is 13.5. The summed E-state index contributed by atoms with van der Waals surface area (Å²) in [6, 6.07) is 4.98. The third-order valence-electron chi connectivity index (χ3n) is 4.30. The Labute approximate surface area is 161 Å². The molecule has 0 bridgehead atoms. The minimum Gasteiger partial charge on any atom is -0.422 e.